The highest BCUT2D eigenvalue weighted by Crippen LogP contribution is 2.55. The van der Waals surface area contributed by atoms with Crippen molar-refractivity contribution >= 4 is 5.57 Å². The molecule has 0 saturated heterocycles. The average Bonchev–Trinajstić information content (AvgIpc) is 2.79. The predicted molar refractivity (Wildman–Crippen MR) is 86.4 cm³/mol. The van der Waals surface area contributed by atoms with E-state index in [-0.39, 0.29) is 5.41 Å². The number of hydrogen-bond donors (Lipinski definition) is 0. The molecular weight excluding hydrogens is 240 g/mol. The summed E-state index contributed by atoms with van der Waals surface area (Å²) in [6.07, 6.45) is 3.75. The maximum atomic E-state index is 3.75. The van der Waals surface area contributed by atoms with E-state index in [2.05, 4.69) is 71.9 Å². The Morgan fingerprint density at radius 2 is 1.65 bits per heavy atom. The molecule has 1 radical (unpaired) electrons. The molecule has 0 aliphatic heterocycles. The minimum absolute atomic E-state index is 0.0311. The van der Waals surface area contributed by atoms with E-state index in [0.29, 0.717) is 5.92 Å². The predicted octanol–water partition coefficient (Wildman–Crippen LogP) is 5.68. The van der Waals surface area contributed by atoms with Gasteiger partial charge in [-0.25, -0.2) is 0 Å². The van der Waals surface area contributed by atoms with Crippen LogP contribution in [-0.4, -0.2) is 0 Å². The van der Waals surface area contributed by atoms with Crippen LogP contribution >= 0.6 is 0 Å². The van der Waals surface area contributed by atoms with Crippen LogP contribution in [0.1, 0.15) is 58.6 Å². The Balaban J connectivity index is 2.21. The summed E-state index contributed by atoms with van der Waals surface area (Å²) < 4.78 is 0. The Morgan fingerprint density at radius 1 is 1.00 bits per heavy atom. The van der Waals surface area contributed by atoms with Gasteiger partial charge in [0.05, 0.1) is 0 Å². The molecule has 0 fully saturated rings. The molecule has 0 saturated carbocycles. The molecule has 0 nitrogen and oxygen atoms in total. The van der Waals surface area contributed by atoms with Gasteiger partial charge in [0, 0.05) is 11.3 Å². The van der Waals surface area contributed by atoms with E-state index in [9.17, 15) is 0 Å². The van der Waals surface area contributed by atoms with Crippen molar-refractivity contribution in [2.75, 3.05) is 0 Å². The lowest BCUT2D eigenvalue weighted by atomic mass is 9.72. The highest BCUT2D eigenvalue weighted by Gasteiger charge is 2.41. The molecule has 0 bridgehead atoms. The monoisotopic (exact) mass is 263 g/mol. The van der Waals surface area contributed by atoms with Gasteiger partial charge in [-0.1, -0.05) is 36.8 Å². The lowest BCUT2D eigenvalue weighted by molar-refractivity contribution is 0.564. The maximum absolute atomic E-state index is 3.75. The van der Waals surface area contributed by atoms with E-state index in [1.165, 1.54) is 39.0 Å². The van der Waals surface area contributed by atoms with Crippen LogP contribution in [0.5, 0.6) is 0 Å². The smallest absolute Gasteiger partial charge is 0.0363 e. The molecule has 0 heterocycles. The number of benzene rings is 1. The molecule has 103 valence electrons. The summed E-state index contributed by atoms with van der Waals surface area (Å²) in [5.41, 5.74) is 10.0. The van der Waals surface area contributed by atoms with Gasteiger partial charge < -0.3 is 0 Å². The van der Waals surface area contributed by atoms with Crippen LogP contribution in [0.25, 0.3) is 5.57 Å². The van der Waals surface area contributed by atoms with Gasteiger partial charge in [-0.3, -0.25) is 0 Å². The summed E-state index contributed by atoms with van der Waals surface area (Å²) in [5, 5.41) is 0. The first-order valence-corrected chi connectivity index (χ1v) is 7.48. The van der Waals surface area contributed by atoms with Crippen molar-refractivity contribution < 1.29 is 0 Å². The van der Waals surface area contributed by atoms with Crippen LogP contribution in [0.3, 0.4) is 0 Å². The van der Waals surface area contributed by atoms with Crippen molar-refractivity contribution in [3.63, 3.8) is 0 Å². The summed E-state index contributed by atoms with van der Waals surface area (Å²) in [4.78, 5) is 0. The molecule has 0 N–H and O–H groups in total. The van der Waals surface area contributed by atoms with Gasteiger partial charge in [-0.05, 0) is 74.1 Å². The number of fused-ring (bicyclic) bond motifs is 1. The van der Waals surface area contributed by atoms with Crippen LogP contribution in [0.15, 0.2) is 46.6 Å². The van der Waals surface area contributed by atoms with Crippen molar-refractivity contribution in [1.82, 2.24) is 0 Å². The van der Waals surface area contributed by atoms with Gasteiger partial charge in [0.15, 0.2) is 0 Å². The van der Waals surface area contributed by atoms with Gasteiger partial charge in [0.25, 0.3) is 0 Å². The minimum atomic E-state index is -0.0311. The van der Waals surface area contributed by atoms with E-state index in [0.717, 1.165) is 0 Å². The van der Waals surface area contributed by atoms with E-state index in [4.69, 9.17) is 0 Å². The first kappa shape index (κ1) is 13.4. The van der Waals surface area contributed by atoms with Crippen LogP contribution < -0.4 is 0 Å². The highest BCUT2D eigenvalue weighted by molar-refractivity contribution is 5.79. The SMILES string of the molecule is CC1=[C]C(C)(C2=C(C)c3ccccc3C2C)C(C)=C1C. The zero-order chi connectivity index (χ0) is 14.7. The van der Waals surface area contributed by atoms with Crippen molar-refractivity contribution in [2.45, 2.75) is 47.5 Å². The molecule has 0 heteroatoms. The zero-order valence-corrected chi connectivity index (χ0v) is 13.4. The highest BCUT2D eigenvalue weighted by atomic mass is 14.4. The quantitative estimate of drug-likeness (QED) is 0.611. The van der Waals surface area contributed by atoms with Crippen LogP contribution in [0.4, 0.5) is 0 Å². The minimum Gasteiger partial charge on any atom is -0.0619 e. The fourth-order valence-electron chi connectivity index (χ4n) is 4.14. The van der Waals surface area contributed by atoms with E-state index >= 15 is 0 Å². The van der Waals surface area contributed by atoms with Gasteiger partial charge in [-0.2, -0.15) is 0 Å². The zero-order valence-electron chi connectivity index (χ0n) is 13.4. The second-order valence-corrected chi connectivity index (χ2v) is 6.47. The van der Waals surface area contributed by atoms with Crippen LogP contribution in [0, 0.1) is 11.5 Å². The second kappa shape index (κ2) is 4.22. The number of rotatable bonds is 1. The van der Waals surface area contributed by atoms with Crippen molar-refractivity contribution in [2.24, 2.45) is 5.41 Å². The molecule has 2 atom stereocenters. The molecule has 0 aromatic heterocycles. The molecule has 20 heavy (non-hydrogen) atoms. The number of hydrogen-bond acceptors (Lipinski definition) is 0. The Hall–Kier alpha value is -1.56. The third-order valence-electron chi connectivity index (χ3n) is 5.52. The molecule has 2 aliphatic carbocycles. The Morgan fingerprint density at radius 3 is 2.20 bits per heavy atom. The fraction of sp³-hybridized carbons (Fsp3) is 0.400. The Bertz CT molecular complexity index is 682. The summed E-state index contributed by atoms with van der Waals surface area (Å²) in [5.74, 6) is 0.484. The summed E-state index contributed by atoms with van der Waals surface area (Å²) in [6.45, 7) is 13.6. The first-order chi connectivity index (χ1) is 9.38. The lowest BCUT2D eigenvalue weighted by Gasteiger charge is -2.31. The first-order valence-electron chi connectivity index (χ1n) is 7.48. The Labute approximate surface area is 122 Å². The molecule has 1 aromatic rings. The summed E-state index contributed by atoms with van der Waals surface area (Å²) in [7, 11) is 0. The molecule has 0 amide bonds. The fourth-order valence-corrected chi connectivity index (χ4v) is 4.14. The summed E-state index contributed by atoms with van der Waals surface area (Å²) >= 11 is 0. The normalized spacial score (nSPS) is 29.1. The molecule has 3 rings (SSSR count). The molecule has 1 aromatic carbocycles. The summed E-state index contributed by atoms with van der Waals surface area (Å²) in [6, 6.07) is 8.83. The third kappa shape index (κ3) is 1.54. The molecule has 0 spiro atoms. The largest absolute Gasteiger partial charge is 0.0619 e. The van der Waals surface area contributed by atoms with Crippen molar-refractivity contribution in [3.8, 4) is 0 Å². The van der Waals surface area contributed by atoms with Gasteiger partial charge >= 0.3 is 0 Å². The third-order valence-corrected chi connectivity index (χ3v) is 5.52. The van der Waals surface area contributed by atoms with Crippen molar-refractivity contribution in [3.05, 3.63) is 63.8 Å². The standard InChI is InChI=1S/C20H23/c1-12-11-20(6,16(5)13(12)2)19-14(3)17-9-7-8-10-18(17)15(19)4/h7-10,14H,1-6H3. The van der Waals surface area contributed by atoms with Crippen LogP contribution in [0.2, 0.25) is 0 Å². The molecule has 2 unspecified atom stereocenters. The average molecular weight is 263 g/mol. The van der Waals surface area contributed by atoms with E-state index < -0.39 is 0 Å². The maximum Gasteiger partial charge on any atom is 0.0363 e. The molecule has 2 aliphatic rings. The second-order valence-electron chi connectivity index (χ2n) is 6.47. The van der Waals surface area contributed by atoms with E-state index in [1.54, 1.807) is 0 Å². The van der Waals surface area contributed by atoms with Gasteiger partial charge in [-0.15, -0.1) is 0 Å². The van der Waals surface area contributed by atoms with Gasteiger partial charge in [0.1, 0.15) is 0 Å². The van der Waals surface area contributed by atoms with Gasteiger partial charge in [0.2, 0.25) is 0 Å². The number of allylic oxidation sites excluding steroid dienone is 6. The lowest BCUT2D eigenvalue weighted by Crippen LogP contribution is -2.20. The molecular formula is C20H23. The van der Waals surface area contributed by atoms with Crippen LogP contribution in [-0.2, 0) is 0 Å². The van der Waals surface area contributed by atoms with E-state index in [1.807, 2.05) is 0 Å². The van der Waals surface area contributed by atoms with Crippen molar-refractivity contribution in [1.29, 1.82) is 0 Å². The topological polar surface area (TPSA) is 0 Å². The Kier molecular flexibility index (Phi) is 2.83.